The van der Waals surface area contributed by atoms with Crippen molar-refractivity contribution < 1.29 is 4.79 Å². The number of aromatic nitrogens is 2. The van der Waals surface area contributed by atoms with Crippen LogP contribution >= 0.6 is 0 Å². The van der Waals surface area contributed by atoms with Gasteiger partial charge < -0.3 is 5.32 Å². The van der Waals surface area contributed by atoms with Gasteiger partial charge in [0.15, 0.2) is 0 Å². The summed E-state index contributed by atoms with van der Waals surface area (Å²) in [4.78, 5) is 37.0. The molecule has 6 nitrogen and oxygen atoms in total. The molecule has 0 fully saturated rings. The molecular formula is C21H19N3O3. The molecule has 3 aromatic rings. The van der Waals surface area contributed by atoms with Crippen LogP contribution in [0, 0.1) is 5.92 Å². The Labute approximate surface area is 155 Å². The lowest BCUT2D eigenvalue weighted by Crippen LogP contribution is -2.36. The molecule has 0 aliphatic heterocycles. The third kappa shape index (κ3) is 3.10. The van der Waals surface area contributed by atoms with E-state index in [-0.39, 0.29) is 36.0 Å². The van der Waals surface area contributed by atoms with Gasteiger partial charge in [0.25, 0.3) is 11.1 Å². The Bertz CT molecular complexity index is 1170. The van der Waals surface area contributed by atoms with Crippen LogP contribution < -0.4 is 16.4 Å². The Hall–Kier alpha value is -3.41. The van der Waals surface area contributed by atoms with Crippen molar-refractivity contribution in [1.82, 2.24) is 15.1 Å². The number of amides is 1. The highest BCUT2D eigenvalue weighted by atomic mass is 16.2. The molecule has 1 atom stereocenters. The molecule has 1 unspecified atom stereocenters. The normalized spacial score (nSPS) is 15.8. The average molecular weight is 361 g/mol. The quantitative estimate of drug-likeness (QED) is 0.728. The summed E-state index contributed by atoms with van der Waals surface area (Å²) in [6, 6.07) is 16.5. The van der Waals surface area contributed by atoms with Crippen LogP contribution in [0.25, 0.3) is 16.3 Å². The largest absolute Gasteiger partial charge is 0.353 e. The summed E-state index contributed by atoms with van der Waals surface area (Å²) in [5.41, 5.74) is 2.59. The van der Waals surface area contributed by atoms with Crippen LogP contribution in [0.3, 0.4) is 0 Å². The molecule has 0 bridgehead atoms. The molecule has 2 aromatic carbocycles. The van der Waals surface area contributed by atoms with Crippen molar-refractivity contribution >= 4 is 22.3 Å². The lowest BCUT2D eigenvalue weighted by molar-refractivity contribution is -0.121. The highest BCUT2D eigenvalue weighted by Crippen LogP contribution is 2.46. The van der Waals surface area contributed by atoms with Crippen molar-refractivity contribution in [2.75, 3.05) is 6.54 Å². The molecule has 1 heterocycles. The van der Waals surface area contributed by atoms with Gasteiger partial charge in [-0.2, -0.15) is 0 Å². The number of hydrogen-bond acceptors (Lipinski definition) is 3. The van der Waals surface area contributed by atoms with Crippen LogP contribution in [0.1, 0.15) is 12.5 Å². The van der Waals surface area contributed by atoms with Crippen molar-refractivity contribution in [2.24, 2.45) is 5.92 Å². The van der Waals surface area contributed by atoms with E-state index in [0.717, 1.165) is 16.7 Å². The second kappa shape index (κ2) is 6.72. The van der Waals surface area contributed by atoms with Crippen molar-refractivity contribution in [3.8, 4) is 0 Å². The maximum Gasteiger partial charge on any atom is 0.273 e. The van der Waals surface area contributed by atoms with Gasteiger partial charge >= 0.3 is 0 Å². The van der Waals surface area contributed by atoms with E-state index >= 15 is 0 Å². The molecule has 1 aromatic heterocycles. The van der Waals surface area contributed by atoms with Crippen molar-refractivity contribution in [3.05, 3.63) is 86.4 Å². The zero-order valence-electron chi connectivity index (χ0n) is 14.9. The fourth-order valence-electron chi connectivity index (χ4n) is 3.47. The summed E-state index contributed by atoms with van der Waals surface area (Å²) in [6.07, 6.45) is 0. The second-order valence-corrected chi connectivity index (χ2v) is 6.63. The number of aromatic amines is 1. The Morgan fingerprint density at radius 2 is 1.70 bits per heavy atom. The van der Waals surface area contributed by atoms with Crippen LogP contribution in [0.5, 0.6) is 0 Å². The van der Waals surface area contributed by atoms with Crippen LogP contribution in [0.4, 0.5) is 0 Å². The highest BCUT2D eigenvalue weighted by molar-refractivity contribution is 6.05. The summed E-state index contributed by atoms with van der Waals surface area (Å²) in [7, 11) is 0. The number of nitrogens with one attached hydrogen (secondary N) is 2. The maximum absolute atomic E-state index is 12.5. The van der Waals surface area contributed by atoms with Gasteiger partial charge in [-0.05, 0) is 30.2 Å². The fraction of sp³-hybridized carbons (Fsp3) is 0.190. The van der Waals surface area contributed by atoms with Crippen molar-refractivity contribution in [1.29, 1.82) is 0 Å². The fourth-order valence-corrected chi connectivity index (χ4v) is 3.47. The predicted octanol–water partition coefficient (Wildman–Crippen LogP) is 1.91. The van der Waals surface area contributed by atoms with Gasteiger partial charge in [0.2, 0.25) is 5.91 Å². The van der Waals surface area contributed by atoms with Gasteiger partial charge in [-0.3, -0.25) is 19.5 Å². The summed E-state index contributed by atoms with van der Waals surface area (Å²) < 4.78 is 1.25. The molecule has 2 N–H and O–H groups in total. The van der Waals surface area contributed by atoms with E-state index in [1.54, 1.807) is 24.3 Å². The van der Waals surface area contributed by atoms with Crippen molar-refractivity contribution in [3.63, 3.8) is 0 Å². The third-order valence-corrected chi connectivity index (χ3v) is 4.93. The molecule has 0 radical (unpaired) electrons. The Morgan fingerprint density at radius 1 is 1.04 bits per heavy atom. The minimum atomic E-state index is -0.317. The smallest absolute Gasteiger partial charge is 0.273 e. The zero-order valence-corrected chi connectivity index (χ0v) is 14.9. The minimum absolute atomic E-state index is 0.0810. The summed E-state index contributed by atoms with van der Waals surface area (Å²) in [5.74, 6) is -0.290. The van der Waals surface area contributed by atoms with Crippen LogP contribution in [-0.2, 0) is 11.3 Å². The monoisotopic (exact) mass is 361 g/mol. The first kappa shape index (κ1) is 17.0. The van der Waals surface area contributed by atoms with Crippen LogP contribution in [-0.4, -0.2) is 22.2 Å². The van der Waals surface area contributed by atoms with E-state index in [0.29, 0.717) is 10.8 Å². The zero-order chi connectivity index (χ0) is 19.0. The molecule has 0 spiro atoms. The van der Waals surface area contributed by atoms with E-state index in [4.69, 9.17) is 0 Å². The third-order valence-electron chi connectivity index (χ3n) is 4.93. The molecule has 1 aliphatic carbocycles. The maximum atomic E-state index is 12.5. The van der Waals surface area contributed by atoms with E-state index in [1.807, 2.05) is 37.3 Å². The molecule has 1 amide bonds. The average Bonchev–Trinajstić information content (AvgIpc) is 3.37. The number of fused-ring (bicyclic) bond motifs is 1. The molecular weight excluding hydrogens is 342 g/mol. The molecule has 136 valence electrons. The Kier molecular flexibility index (Phi) is 4.24. The van der Waals surface area contributed by atoms with Gasteiger partial charge in [0.1, 0.15) is 0 Å². The number of nitrogens with zero attached hydrogens (tertiary/aromatic N) is 1. The Morgan fingerprint density at radius 3 is 2.44 bits per heavy atom. The van der Waals surface area contributed by atoms with Gasteiger partial charge in [0.05, 0.1) is 23.2 Å². The van der Waals surface area contributed by atoms with Gasteiger partial charge in [-0.25, -0.2) is 4.68 Å². The standard InChI is InChI=1S/C21H19N3O3/c1-13-17(14-7-3-2-4-8-14)18(13)20(26)22-11-12-24-21(27)16-10-6-5-9-15(16)19(25)23-24/h2-10,18H,11-12H2,1H3,(H,22,26)(H,23,25). The van der Waals surface area contributed by atoms with Crippen LogP contribution in [0.2, 0.25) is 0 Å². The van der Waals surface area contributed by atoms with Gasteiger partial charge in [0, 0.05) is 6.54 Å². The van der Waals surface area contributed by atoms with Gasteiger partial charge in [-0.15, -0.1) is 0 Å². The molecule has 27 heavy (non-hydrogen) atoms. The van der Waals surface area contributed by atoms with Crippen molar-refractivity contribution in [2.45, 2.75) is 13.5 Å². The molecule has 1 aliphatic rings. The first-order valence-corrected chi connectivity index (χ1v) is 8.83. The minimum Gasteiger partial charge on any atom is -0.353 e. The number of hydrogen-bond donors (Lipinski definition) is 2. The second-order valence-electron chi connectivity index (χ2n) is 6.63. The number of carbonyl (C=O) groups is 1. The molecule has 0 saturated carbocycles. The lowest BCUT2D eigenvalue weighted by Gasteiger charge is -2.09. The topological polar surface area (TPSA) is 84.0 Å². The summed E-state index contributed by atoms with van der Waals surface area (Å²) >= 11 is 0. The first-order chi connectivity index (χ1) is 13.1. The predicted molar refractivity (Wildman–Crippen MR) is 104 cm³/mol. The highest BCUT2D eigenvalue weighted by Gasteiger charge is 2.39. The lowest BCUT2D eigenvalue weighted by atomic mass is 10.1. The number of H-pyrrole nitrogens is 1. The van der Waals surface area contributed by atoms with Gasteiger partial charge in [-0.1, -0.05) is 48.0 Å². The molecule has 4 rings (SSSR count). The summed E-state index contributed by atoms with van der Waals surface area (Å²) in [6.45, 7) is 2.42. The van der Waals surface area contributed by atoms with E-state index < -0.39 is 0 Å². The van der Waals surface area contributed by atoms with Crippen LogP contribution in [0.15, 0.2) is 69.8 Å². The molecule has 0 saturated heterocycles. The van der Waals surface area contributed by atoms with E-state index in [9.17, 15) is 14.4 Å². The number of benzene rings is 2. The summed E-state index contributed by atoms with van der Waals surface area (Å²) in [5, 5.41) is 6.17. The SMILES string of the molecule is CC1=C(c2ccccc2)C1C(=O)NCCn1[nH]c(=O)c2ccccc2c1=O. The Balaban J connectivity index is 1.42. The first-order valence-electron chi connectivity index (χ1n) is 8.83. The number of carbonyl (C=O) groups excluding carboxylic acids is 1. The molecule has 6 heteroatoms. The van der Waals surface area contributed by atoms with E-state index in [1.165, 1.54) is 4.68 Å². The van der Waals surface area contributed by atoms with E-state index in [2.05, 4.69) is 10.4 Å². The number of rotatable bonds is 5.